The zero-order chi connectivity index (χ0) is 26.5. The Morgan fingerprint density at radius 3 is 2.68 bits per heavy atom. The Bertz CT molecular complexity index is 1490. The number of pyridine rings is 1. The van der Waals surface area contributed by atoms with Crippen LogP contribution in [-0.4, -0.2) is 73.6 Å². The van der Waals surface area contributed by atoms with E-state index in [4.69, 9.17) is 4.74 Å². The van der Waals surface area contributed by atoms with Gasteiger partial charge in [0, 0.05) is 44.9 Å². The van der Waals surface area contributed by atoms with E-state index in [1.807, 2.05) is 4.90 Å². The molecule has 4 heterocycles. The Kier molecular flexibility index (Phi) is 6.32. The Balaban J connectivity index is 1.30. The van der Waals surface area contributed by atoms with Crippen LogP contribution < -0.4 is 4.90 Å². The molecule has 2 aromatic heterocycles. The predicted octanol–water partition coefficient (Wildman–Crippen LogP) is 3.62. The van der Waals surface area contributed by atoms with E-state index in [1.165, 1.54) is 22.6 Å². The fourth-order valence-electron chi connectivity index (χ4n) is 5.92. The molecule has 38 heavy (non-hydrogen) atoms. The van der Waals surface area contributed by atoms with E-state index in [2.05, 4.69) is 16.2 Å². The Hall–Kier alpha value is -3.15. The summed E-state index contributed by atoms with van der Waals surface area (Å²) in [5, 5.41) is 4.55. The molecule has 200 valence electrons. The number of ether oxygens (including phenoxy) is 1. The Morgan fingerprint density at radius 2 is 1.95 bits per heavy atom. The van der Waals surface area contributed by atoms with E-state index >= 15 is 0 Å². The highest BCUT2D eigenvalue weighted by atomic mass is 32.2. The molecule has 3 aromatic rings. The maximum Gasteiger partial charge on any atom is 0.244 e. The van der Waals surface area contributed by atoms with Gasteiger partial charge >= 0.3 is 0 Å². The molecule has 11 heteroatoms. The number of halogens is 2. The number of piperidine rings is 1. The van der Waals surface area contributed by atoms with Crippen molar-refractivity contribution in [2.75, 3.05) is 44.8 Å². The van der Waals surface area contributed by atoms with Crippen LogP contribution >= 0.6 is 0 Å². The highest BCUT2D eigenvalue weighted by molar-refractivity contribution is 7.89. The molecule has 6 rings (SSSR count). The molecule has 0 saturated carbocycles. The van der Waals surface area contributed by atoms with Gasteiger partial charge in [-0.25, -0.2) is 21.9 Å². The van der Waals surface area contributed by atoms with Crippen molar-refractivity contribution in [1.82, 2.24) is 19.1 Å². The summed E-state index contributed by atoms with van der Waals surface area (Å²) < 4.78 is 63.7. The predicted molar refractivity (Wildman–Crippen MR) is 139 cm³/mol. The number of aromatic nitrogens is 3. The second-order valence-electron chi connectivity index (χ2n) is 10.3. The lowest BCUT2D eigenvalue weighted by Crippen LogP contribution is -2.51. The third kappa shape index (κ3) is 4.32. The SMILES string of the molecule is COCC12Cc3cnn(-c4ccc(F)cc4)c3C=C1CCN(S(=O)(=O)c1cncc(N3CC[C@H](F)C3)c1)C2. The van der Waals surface area contributed by atoms with Crippen LogP contribution in [0, 0.1) is 11.2 Å². The number of benzene rings is 1. The Morgan fingerprint density at radius 1 is 1.13 bits per heavy atom. The first-order valence-electron chi connectivity index (χ1n) is 12.7. The van der Waals surface area contributed by atoms with Gasteiger partial charge in [0.1, 0.15) is 16.9 Å². The van der Waals surface area contributed by atoms with Gasteiger partial charge in [-0.1, -0.05) is 5.57 Å². The lowest BCUT2D eigenvalue weighted by atomic mass is 9.69. The van der Waals surface area contributed by atoms with Crippen molar-refractivity contribution in [3.8, 4) is 5.69 Å². The summed E-state index contributed by atoms with van der Waals surface area (Å²) >= 11 is 0. The normalized spacial score (nSPS) is 23.7. The third-order valence-electron chi connectivity index (χ3n) is 7.84. The van der Waals surface area contributed by atoms with Crippen molar-refractivity contribution in [2.24, 2.45) is 5.41 Å². The maximum absolute atomic E-state index is 13.8. The summed E-state index contributed by atoms with van der Waals surface area (Å²) in [5.74, 6) is -0.311. The van der Waals surface area contributed by atoms with Crippen molar-refractivity contribution in [3.05, 3.63) is 71.6 Å². The first-order chi connectivity index (χ1) is 18.3. The first kappa shape index (κ1) is 25.1. The molecule has 1 unspecified atom stereocenters. The van der Waals surface area contributed by atoms with Crippen molar-refractivity contribution < 1.29 is 21.9 Å². The van der Waals surface area contributed by atoms with Gasteiger partial charge in [0.25, 0.3) is 0 Å². The average Bonchev–Trinajstić information content (AvgIpc) is 3.53. The molecule has 1 aliphatic carbocycles. The molecule has 0 spiro atoms. The first-order valence-corrected chi connectivity index (χ1v) is 14.1. The molecule has 3 aliphatic rings. The summed E-state index contributed by atoms with van der Waals surface area (Å²) in [5.41, 5.74) is 3.85. The number of methoxy groups -OCH3 is 1. The molecule has 0 bridgehead atoms. The number of sulfonamides is 1. The van der Waals surface area contributed by atoms with Crippen LogP contribution in [0.1, 0.15) is 24.1 Å². The fourth-order valence-corrected chi connectivity index (χ4v) is 7.43. The summed E-state index contributed by atoms with van der Waals surface area (Å²) in [6.07, 6.45) is 7.44. The molecule has 0 amide bonds. The van der Waals surface area contributed by atoms with Gasteiger partial charge in [-0.3, -0.25) is 4.98 Å². The second kappa shape index (κ2) is 9.55. The van der Waals surface area contributed by atoms with E-state index in [0.29, 0.717) is 44.6 Å². The number of hydrogen-bond acceptors (Lipinski definition) is 6. The molecule has 1 aromatic carbocycles. The van der Waals surface area contributed by atoms with E-state index in [1.54, 1.807) is 42.4 Å². The largest absolute Gasteiger partial charge is 0.384 e. The maximum atomic E-state index is 13.8. The number of alkyl halides is 1. The highest BCUT2D eigenvalue weighted by Crippen LogP contribution is 2.45. The van der Waals surface area contributed by atoms with Crippen LogP contribution in [0.3, 0.4) is 0 Å². The molecule has 2 aliphatic heterocycles. The fraction of sp³-hybridized carbons (Fsp3) is 0.407. The summed E-state index contributed by atoms with van der Waals surface area (Å²) in [4.78, 5) is 6.12. The molecule has 0 radical (unpaired) electrons. The molecule has 2 atom stereocenters. The van der Waals surface area contributed by atoms with Crippen LogP contribution in [0.15, 0.2) is 59.4 Å². The van der Waals surface area contributed by atoms with Gasteiger partial charge in [-0.05, 0) is 61.2 Å². The monoisotopic (exact) mass is 541 g/mol. The van der Waals surface area contributed by atoms with Crippen LogP contribution in [0.5, 0.6) is 0 Å². The number of anilines is 1. The van der Waals surface area contributed by atoms with E-state index in [-0.39, 0.29) is 23.8 Å². The van der Waals surface area contributed by atoms with Gasteiger partial charge < -0.3 is 9.64 Å². The van der Waals surface area contributed by atoms with Crippen LogP contribution in [-0.2, 0) is 21.2 Å². The lowest BCUT2D eigenvalue weighted by molar-refractivity contribution is 0.0733. The van der Waals surface area contributed by atoms with Crippen molar-refractivity contribution in [2.45, 2.75) is 30.3 Å². The topological polar surface area (TPSA) is 80.6 Å². The summed E-state index contributed by atoms with van der Waals surface area (Å²) in [6, 6.07) is 7.78. The summed E-state index contributed by atoms with van der Waals surface area (Å²) in [6.45, 7) is 1.72. The van der Waals surface area contributed by atoms with Gasteiger partial charge in [-0.15, -0.1) is 0 Å². The van der Waals surface area contributed by atoms with Gasteiger partial charge in [0.2, 0.25) is 10.0 Å². The minimum atomic E-state index is -3.84. The minimum Gasteiger partial charge on any atom is -0.384 e. The minimum absolute atomic E-state index is 0.109. The molecular weight excluding hydrogens is 512 g/mol. The van der Waals surface area contributed by atoms with Crippen LogP contribution in [0.4, 0.5) is 14.5 Å². The van der Waals surface area contributed by atoms with Crippen LogP contribution in [0.25, 0.3) is 11.8 Å². The lowest BCUT2D eigenvalue weighted by Gasteiger charge is -2.45. The van der Waals surface area contributed by atoms with E-state index in [9.17, 15) is 17.2 Å². The Labute approximate surface area is 220 Å². The van der Waals surface area contributed by atoms with Crippen molar-refractivity contribution in [1.29, 1.82) is 0 Å². The molecule has 2 saturated heterocycles. The molecule has 0 N–H and O–H groups in total. The number of hydrogen-bond donors (Lipinski definition) is 0. The zero-order valence-electron chi connectivity index (χ0n) is 21.1. The van der Waals surface area contributed by atoms with E-state index < -0.39 is 21.6 Å². The van der Waals surface area contributed by atoms with Crippen molar-refractivity contribution in [3.63, 3.8) is 0 Å². The highest BCUT2D eigenvalue weighted by Gasteiger charge is 2.46. The van der Waals surface area contributed by atoms with Crippen molar-refractivity contribution >= 4 is 21.8 Å². The molecule has 8 nitrogen and oxygen atoms in total. The van der Waals surface area contributed by atoms with Gasteiger partial charge in [-0.2, -0.15) is 9.40 Å². The third-order valence-corrected chi connectivity index (χ3v) is 9.65. The number of fused-ring (bicyclic) bond motifs is 2. The number of nitrogens with zero attached hydrogens (tertiary/aromatic N) is 5. The smallest absolute Gasteiger partial charge is 0.244 e. The van der Waals surface area contributed by atoms with Crippen LogP contribution in [0.2, 0.25) is 0 Å². The second-order valence-corrected chi connectivity index (χ2v) is 12.2. The number of rotatable bonds is 6. The average molecular weight is 542 g/mol. The standard InChI is InChI=1S/C27H29F2N5O3S/c1-37-18-27-12-19-13-31-34(23-4-2-21(28)3-5-23)26(19)10-20(27)6-9-33(17-27)38(35,36)25-11-24(14-30-15-25)32-8-7-22(29)16-32/h2-5,10-11,13-15,22H,6-9,12,16-18H2,1H3/t22-,27?/m0/s1. The molecule has 2 fully saturated rings. The quantitative estimate of drug-likeness (QED) is 0.474. The summed E-state index contributed by atoms with van der Waals surface area (Å²) in [7, 11) is -2.22. The van der Waals surface area contributed by atoms with Gasteiger partial charge in [0.05, 0.1) is 36.1 Å². The van der Waals surface area contributed by atoms with Gasteiger partial charge in [0.15, 0.2) is 0 Å². The molecular formula is C27H29F2N5O3S. The zero-order valence-corrected chi connectivity index (χ0v) is 21.9. The van der Waals surface area contributed by atoms with E-state index in [0.717, 1.165) is 22.5 Å².